The van der Waals surface area contributed by atoms with Crippen LogP contribution in [0.5, 0.6) is 0 Å². The van der Waals surface area contributed by atoms with E-state index in [1.807, 2.05) is 39.0 Å². The zero-order valence-corrected chi connectivity index (χ0v) is 16.7. The van der Waals surface area contributed by atoms with Crippen LogP contribution in [0.4, 0.5) is 0 Å². The molecule has 0 bridgehead atoms. The molecule has 2 heterocycles. The summed E-state index contributed by atoms with van der Waals surface area (Å²) < 4.78 is 1.73. The highest BCUT2D eigenvalue weighted by molar-refractivity contribution is 6.30. The number of hydrogen-bond donors (Lipinski definition) is 2. The van der Waals surface area contributed by atoms with Gasteiger partial charge in [-0.25, -0.2) is 9.97 Å². The van der Waals surface area contributed by atoms with Gasteiger partial charge in [0.2, 0.25) is 5.91 Å². The van der Waals surface area contributed by atoms with E-state index in [1.165, 1.54) is 6.33 Å². The second-order valence-electron chi connectivity index (χ2n) is 6.76. The first kappa shape index (κ1) is 19.8. The number of halogens is 1. The minimum Gasteiger partial charge on any atom is -0.364 e. The number of nitrogens with one attached hydrogen (secondary N) is 1. The van der Waals surface area contributed by atoms with E-state index in [2.05, 4.69) is 15.3 Å². The van der Waals surface area contributed by atoms with Gasteiger partial charge in [-0.15, -0.1) is 0 Å². The summed E-state index contributed by atoms with van der Waals surface area (Å²) in [6.45, 7) is 5.69. The maximum atomic E-state index is 12.4. The lowest BCUT2D eigenvalue weighted by atomic mass is 10.0. The fourth-order valence-corrected chi connectivity index (χ4v) is 3.47. The predicted octanol–water partition coefficient (Wildman–Crippen LogP) is 2.91. The number of carbonyl (C=O) groups is 2. The van der Waals surface area contributed by atoms with Crippen molar-refractivity contribution in [3.05, 3.63) is 63.8 Å². The highest BCUT2D eigenvalue weighted by Crippen LogP contribution is 2.20. The van der Waals surface area contributed by atoms with Crippen LogP contribution >= 0.6 is 11.6 Å². The Hall–Kier alpha value is -2.93. The van der Waals surface area contributed by atoms with E-state index in [1.54, 1.807) is 10.5 Å². The van der Waals surface area contributed by atoms with Crippen molar-refractivity contribution in [2.75, 3.05) is 0 Å². The van der Waals surface area contributed by atoms with Crippen LogP contribution in [0.3, 0.4) is 0 Å². The Morgan fingerprint density at radius 1 is 1.32 bits per heavy atom. The lowest BCUT2D eigenvalue weighted by molar-refractivity contribution is -0.121. The van der Waals surface area contributed by atoms with E-state index in [9.17, 15) is 9.59 Å². The van der Waals surface area contributed by atoms with Gasteiger partial charge in [0.15, 0.2) is 11.3 Å². The van der Waals surface area contributed by atoms with Crippen LogP contribution < -0.4 is 11.1 Å². The number of aromatic nitrogens is 3. The fourth-order valence-electron chi connectivity index (χ4n) is 3.27. The molecule has 0 aliphatic heterocycles. The number of imidazole rings is 1. The van der Waals surface area contributed by atoms with Crippen LogP contribution in [0, 0.1) is 13.8 Å². The third-order valence-electron chi connectivity index (χ3n) is 4.81. The van der Waals surface area contributed by atoms with Gasteiger partial charge >= 0.3 is 0 Å². The lowest BCUT2D eigenvalue weighted by Gasteiger charge is -2.16. The maximum Gasteiger partial charge on any atom is 0.271 e. The number of amides is 2. The fraction of sp³-hybridized carbons (Fsp3) is 0.300. The highest BCUT2D eigenvalue weighted by atomic mass is 35.5. The molecule has 28 heavy (non-hydrogen) atoms. The van der Waals surface area contributed by atoms with Crippen LogP contribution in [-0.2, 0) is 11.2 Å². The summed E-state index contributed by atoms with van der Waals surface area (Å²) in [6.07, 6.45) is 2.37. The molecule has 0 radical (unpaired) electrons. The number of benzene rings is 1. The molecule has 7 nitrogen and oxygen atoms in total. The number of hydrogen-bond acceptors (Lipinski definition) is 4. The third kappa shape index (κ3) is 3.99. The molecule has 1 aromatic carbocycles. The van der Waals surface area contributed by atoms with Crippen LogP contribution in [0.15, 0.2) is 30.6 Å². The number of aryl methyl sites for hydroxylation is 2. The van der Waals surface area contributed by atoms with Crippen LogP contribution in [0.2, 0.25) is 5.02 Å². The Balaban J connectivity index is 1.72. The Morgan fingerprint density at radius 2 is 2.07 bits per heavy atom. The van der Waals surface area contributed by atoms with Gasteiger partial charge in [0.05, 0.1) is 6.04 Å². The lowest BCUT2D eigenvalue weighted by Crippen LogP contribution is -2.27. The van der Waals surface area contributed by atoms with Crippen molar-refractivity contribution in [3.63, 3.8) is 0 Å². The second-order valence-corrected chi connectivity index (χ2v) is 7.19. The summed E-state index contributed by atoms with van der Waals surface area (Å²) in [5.41, 5.74) is 9.47. The van der Waals surface area contributed by atoms with Gasteiger partial charge in [0.1, 0.15) is 6.33 Å². The zero-order valence-electron chi connectivity index (χ0n) is 16.0. The Bertz CT molecular complexity index is 1060. The molecule has 3 rings (SSSR count). The van der Waals surface area contributed by atoms with E-state index in [4.69, 9.17) is 17.3 Å². The Morgan fingerprint density at radius 3 is 2.75 bits per heavy atom. The van der Waals surface area contributed by atoms with Crippen molar-refractivity contribution in [2.45, 2.75) is 39.7 Å². The van der Waals surface area contributed by atoms with Gasteiger partial charge in [-0.05, 0) is 50.5 Å². The van der Waals surface area contributed by atoms with Gasteiger partial charge in [0, 0.05) is 22.8 Å². The molecule has 0 aliphatic rings. The molecule has 3 aromatic rings. The van der Waals surface area contributed by atoms with Crippen molar-refractivity contribution in [3.8, 4) is 0 Å². The summed E-state index contributed by atoms with van der Waals surface area (Å²) in [4.78, 5) is 32.4. The number of rotatable bonds is 6. The first-order valence-electron chi connectivity index (χ1n) is 8.95. The largest absolute Gasteiger partial charge is 0.364 e. The molecule has 0 fully saturated rings. The first-order valence-corrected chi connectivity index (χ1v) is 9.33. The number of nitrogens with two attached hydrogens (primary N) is 1. The summed E-state index contributed by atoms with van der Waals surface area (Å²) in [6, 6.07) is 7.29. The zero-order chi connectivity index (χ0) is 20.4. The molecule has 0 spiro atoms. The number of carbonyl (C=O) groups excluding carboxylic acids is 2. The third-order valence-corrected chi connectivity index (χ3v) is 5.05. The number of primary amides is 1. The summed E-state index contributed by atoms with van der Waals surface area (Å²) in [5, 5.41) is 3.63. The van der Waals surface area contributed by atoms with Gasteiger partial charge in [-0.1, -0.05) is 23.7 Å². The Kier molecular flexibility index (Phi) is 5.65. The molecule has 2 aromatic heterocycles. The summed E-state index contributed by atoms with van der Waals surface area (Å²) in [5.74, 6) is -0.675. The number of nitrogens with zero attached hydrogens (tertiary/aromatic N) is 3. The summed E-state index contributed by atoms with van der Waals surface area (Å²) in [7, 11) is 0. The molecule has 0 saturated heterocycles. The maximum absolute atomic E-state index is 12.4. The van der Waals surface area contributed by atoms with Gasteiger partial charge in [0.25, 0.3) is 5.91 Å². The molecule has 3 N–H and O–H groups in total. The van der Waals surface area contributed by atoms with Crippen LogP contribution in [-0.4, -0.2) is 26.2 Å². The van der Waals surface area contributed by atoms with Gasteiger partial charge < -0.3 is 11.1 Å². The minimum atomic E-state index is -0.615. The van der Waals surface area contributed by atoms with E-state index >= 15 is 0 Å². The van der Waals surface area contributed by atoms with Crippen LogP contribution in [0.25, 0.3) is 5.65 Å². The van der Waals surface area contributed by atoms with Crippen molar-refractivity contribution in [1.29, 1.82) is 0 Å². The average Bonchev–Trinajstić information content (AvgIpc) is 3.05. The molecule has 1 atom stereocenters. The van der Waals surface area contributed by atoms with E-state index in [-0.39, 0.29) is 17.6 Å². The van der Waals surface area contributed by atoms with Gasteiger partial charge in [-0.2, -0.15) is 0 Å². The van der Waals surface area contributed by atoms with Crippen molar-refractivity contribution in [2.24, 2.45) is 5.73 Å². The first-order chi connectivity index (χ1) is 13.3. The summed E-state index contributed by atoms with van der Waals surface area (Å²) >= 11 is 6.01. The highest BCUT2D eigenvalue weighted by Gasteiger charge is 2.17. The second kappa shape index (κ2) is 7.98. The molecule has 0 saturated carbocycles. The molecule has 0 unspecified atom stereocenters. The van der Waals surface area contributed by atoms with E-state index < -0.39 is 5.91 Å². The Labute approximate surface area is 167 Å². The van der Waals surface area contributed by atoms with Crippen LogP contribution in [0.1, 0.15) is 52.4 Å². The molecule has 0 aliphatic carbocycles. The number of fused-ring (bicyclic) bond motifs is 1. The average molecular weight is 400 g/mol. The smallest absolute Gasteiger partial charge is 0.271 e. The molecule has 146 valence electrons. The SMILES string of the molecule is Cc1nc2c(C(N)=O)ncn2c(C)c1CCC(=O)N[C@H](C)c1cccc(Cl)c1. The van der Waals surface area contributed by atoms with Crippen molar-refractivity contribution >= 4 is 29.1 Å². The standard InChI is InChI=1S/C20H22ClN5O2/c1-11(14-5-4-6-15(21)9-14)24-17(27)8-7-16-12(2)25-20-18(19(22)28)23-10-26(20)13(16)3/h4-6,9-11H,7-8H2,1-3H3,(H2,22,28)(H,24,27)/t11-/m1/s1. The molecule has 2 amide bonds. The van der Waals surface area contributed by atoms with Gasteiger partial charge in [-0.3, -0.25) is 14.0 Å². The van der Waals surface area contributed by atoms with E-state index in [0.29, 0.717) is 23.5 Å². The quantitative estimate of drug-likeness (QED) is 0.665. The molecular weight excluding hydrogens is 378 g/mol. The van der Waals surface area contributed by atoms with E-state index in [0.717, 1.165) is 22.5 Å². The topological polar surface area (TPSA) is 102 Å². The minimum absolute atomic E-state index is 0.0603. The van der Waals surface area contributed by atoms with Crippen molar-refractivity contribution < 1.29 is 9.59 Å². The normalized spacial score (nSPS) is 12.1. The predicted molar refractivity (Wildman–Crippen MR) is 107 cm³/mol. The molecular formula is C20H22ClN5O2. The van der Waals surface area contributed by atoms with Crippen molar-refractivity contribution in [1.82, 2.24) is 19.7 Å². The molecule has 8 heteroatoms. The monoisotopic (exact) mass is 399 g/mol.